The van der Waals surface area contributed by atoms with E-state index in [0.717, 1.165) is 27.1 Å². The lowest BCUT2D eigenvalue weighted by Crippen LogP contribution is -2.11. The van der Waals surface area contributed by atoms with Gasteiger partial charge in [-0.25, -0.2) is 38.9 Å². The minimum Gasteiger partial charge on any atom is -0.480 e. The van der Waals surface area contributed by atoms with E-state index in [9.17, 15) is 35.9 Å². The lowest BCUT2D eigenvalue weighted by Gasteiger charge is -2.14. The Hall–Kier alpha value is -7.40. The third-order valence-electron chi connectivity index (χ3n) is 9.08. The van der Waals surface area contributed by atoms with Gasteiger partial charge in [-0.15, -0.1) is 0 Å². The number of methoxy groups -OCH3 is 4. The van der Waals surface area contributed by atoms with Crippen LogP contribution in [0.4, 0.5) is 38.0 Å². The van der Waals surface area contributed by atoms with E-state index in [2.05, 4.69) is 45.4 Å². The lowest BCUT2D eigenvalue weighted by molar-refractivity contribution is -0.142. The zero-order chi connectivity index (χ0) is 48.2. The second-order valence-electron chi connectivity index (χ2n) is 13.7. The number of benzene rings is 1. The van der Waals surface area contributed by atoms with Gasteiger partial charge in [0.15, 0.2) is 23.0 Å². The predicted molar refractivity (Wildman–Crippen MR) is 225 cm³/mol. The van der Waals surface area contributed by atoms with Crippen LogP contribution >= 0.6 is 23.2 Å². The summed E-state index contributed by atoms with van der Waals surface area (Å²) in [5.41, 5.74) is 0.805. The molecule has 6 heterocycles. The van der Waals surface area contributed by atoms with Crippen molar-refractivity contribution in [3.05, 3.63) is 117 Å². The van der Waals surface area contributed by atoms with Crippen LogP contribution in [-0.2, 0) is 21.8 Å². The van der Waals surface area contributed by atoms with Crippen LogP contribution in [0.3, 0.4) is 0 Å². The number of anilines is 2. The average molecular weight is 961 g/mol. The second kappa shape index (κ2) is 19.4. The molecule has 7 rings (SSSR count). The van der Waals surface area contributed by atoms with Crippen LogP contribution in [0.15, 0.2) is 67.3 Å². The summed E-state index contributed by atoms with van der Waals surface area (Å²) < 4.78 is 101. The zero-order valence-corrected chi connectivity index (χ0v) is 36.8. The van der Waals surface area contributed by atoms with Gasteiger partial charge in [0.1, 0.15) is 11.1 Å². The zero-order valence-electron chi connectivity index (χ0n) is 35.3. The van der Waals surface area contributed by atoms with Crippen molar-refractivity contribution in [2.75, 3.05) is 33.8 Å². The smallest absolute Gasteiger partial charge is 0.435 e. The molecule has 0 fully saturated rings. The topological polar surface area (TPSA) is 196 Å². The van der Waals surface area contributed by atoms with E-state index in [1.54, 1.807) is 18.2 Å². The number of aromatic nitrogens is 10. The highest BCUT2D eigenvalue weighted by Gasteiger charge is 2.36. The quantitative estimate of drug-likeness (QED) is 0.0774. The fourth-order valence-electron chi connectivity index (χ4n) is 6.14. The van der Waals surface area contributed by atoms with Gasteiger partial charge in [0, 0.05) is 69.1 Å². The number of nitrogens with one attached hydrogen (secondary N) is 1. The van der Waals surface area contributed by atoms with Crippen molar-refractivity contribution < 1.29 is 54.9 Å². The van der Waals surface area contributed by atoms with Crippen LogP contribution in [0.2, 0.25) is 10.3 Å². The van der Waals surface area contributed by atoms with Crippen molar-refractivity contribution in [2.45, 2.75) is 33.1 Å². The largest absolute Gasteiger partial charge is 0.480 e. The molecule has 0 bridgehead atoms. The third-order valence-corrected chi connectivity index (χ3v) is 9.49. The molecule has 66 heavy (non-hydrogen) atoms. The molecule has 0 aliphatic carbocycles. The maximum Gasteiger partial charge on any atom is 0.435 e. The van der Waals surface area contributed by atoms with Gasteiger partial charge in [-0.05, 0) is 80.4 Å². The van der Waals surface area contributed by atoms with E-state index < -0.39 is 35.7 Å². The molecule has 0 aliphatic heterocycles. The Morgan fingerprint density at radius 2 is 1.08 bits per heavy atom. The number of ether oxygens (including phenoxy) is 4. The van der Waals surface area contributed by atoms with Crippen molar-refractivity contribution in [3.63, 3.8) is 0 Å². The Balaban J connectivity index is 0.000000225. The highest BCUT2D eigenvalue weighted by Crippen LogP contribution is 2.35. The number of hydrogen-bond donors (Lipinski definition) is 1. The standard InChI is InChI=1S/C24H20ClF3N6O3.C17H13ClF3N5O3/c1-12-5-15(25)9-16(6-12)31-23-30-11-18(14-8-17(22(35)37-4)21(36-3)29-10-14)20(32-23)34-13(2)7-19(33-34)24(26,27)28;1-8-4-12(17(19,20)21)25-26(8)13-11(7-23-16(18)24-13)9-5-10(15(27)29-3)14(28-2)22-6-9/h5-11H,1-4H3,(H,30,31,32);4-7H,1-3H3. The van der Waals surface area contributed by atoms with Crippen LogP contribution < -0.4 is 14.8 Å². The van der Waals surface area contributed by atoms with E-state index in [4.69, 9.17) is 42.1 Å². The Morgan fingerprint density at radius 1 is 0.606 bits per heavy atom. The summed E-state index contributed by atoms with van der Waals surface area (Å²) in [6, 6.07) is 9.84. The Bertz CT molecular complexity index is 2940. The maximum atomic E-state index is 13.4. The summed E-state index contributed by atoms with van der Waals surface area (Å²) in [6.07, 6.45) is -3.88. The number of esters is 2. The second-order valence-corrected chi connectivity index (χ2v) is 14.4. The van der Waals surface area contributed by atoms with Gasteiger partial charge in [-0.3, -0.25) is 0 Å². The van der Waals surface area contributed by atoms with E-state index >= 15 is 0 Å². The van der Waals surface area contributed by atoms with Gasteiger partial charge < -0.3 is 24.3 Å². The van der Waals surface area contributed by atoms with Crippen molar-refractivity contribution in [1.29, 1.82) is 0 Å². The summed E-state index contributed by atoms with van der Waals surface area (Å²) in [5.74, 6) is -1.29. The van der Waals surface area contributed by atoms with Crippen LogP contribution in [0.1, 0.15) is 49.1 Å². The third kappa shape index (κ3) is 10.6. The molecule has 344 valence electrons. The fourth-order valence-corrected chi connectivity index (χ4v) is 6.56. The number of carbonyl (C=O) groups excluding carboxylic acids is 2. The number of nitrogens with zero attached hydrogens (tertiary/aromatic N) is 10. The first-order chi connectivity index (χ1) is 31.1. The van der Waals surface area contributed by atoms with Crippen LogP contribution in [0, 0.1) is 20.8 Å². The first-order valence-electron chi connectivity index (χ1n) is 18.6. The van der Waals surface area contributed by atoms with E-state index in [-0.39, 0.29) is 68.3 Å². The first kappa shape index (κ1) is 48.1. The first-order valence-corrected chi connectivity index (χ1v) is 19.4. The van der Waals surface area contributed by atoms with E-state index in [1.165, 1.54) is 79.2 Å². The maximum absolute atomic E-state index is 13.4. The molecule has 7 aromatic rings. The van der Waals surface area contributed by atoms with Crippen molar-refractivity contribution >= 4 is 46.8 Å². The monoisotopic (exact) mass is 959 g/mol. The van der Waals surface area contributed by atoms with Gasteiger partial charge in [-0.2, -0.15) is 46.5 Å². The molecule has 0 spiro atoms. The molecule has 0 radical (unpaired) electrons. The molecule has 1 N–H and O–H groups in total. The highest BCUT2D eigenvalue weighted by molar-refractivity contribution is 6.31. The summed E-state index contributed by atoms with van der Waals surface area (Å²) in [6.45, 7) is 4.76. The number of rotatable bonds is 10. The molecule has 17 nitrogen and oxygen atoms in total. The molecule has 25 heteroatoms. The minimum atomic E-state index is -4.66. The number of halogens is 8. The molecule has 0 aliphatic rings. The number of aryl methyl sites for hydroxylation is 3. The molecule has 0 saturated carbocycles. The van der Waals surface area contributed by atoms with Crippen LogP contribution in [-0.4, -0.2) is 89.8 Å². The van der Waals surface area contributed by atoms with Crippen LogP contribution in [0.5, 0.6) is 11.8 Å². The highest BCUT2D eigenvalue weighted by atomic mass is 35.5. The molecular weight excluding hydrogens is 927 g/mol. The minimum absolute atomic E-state index is 0.0122. The molecule has 0 atom stereocenters. The lowest BCUT2D eigenvalue weighted by atomic mass is 10.1. The molecule has 6 aromatic heterocycles. The van der Waals surface area contributed by atoms with Gasteiger partial charge >= 0.3 is 24.3 Å². The Labute approximate surface area is 379 Å². The molecular formula is C41H33Cl2F6N11O6. The van der Waals surface area contributed by atoms with Crippen molar-refractivity contribution in [3.8, 4) is 45.6 Å². The molecule has 0 unspecified atom stereocenters. The number of alkyl halides is 6. The normalized spacial score (nSPS) is 11.4. The van der Waals surface area contributed by atoms with Gasteiger partial charge in [-0.1, -0.05) is 11.6 Å². The summed E-state index contributed by atoms with van der Waals surface area (Å²) in [4.78, 5) is 49.2. The van der Waals surface area contributed by atoms with Gasteiger partial charge in [0.2, 0.25) is 23.0 Å². The predicted octanol–water partition coefficient (Wildman–Crippen LogP) is 9.05. The molecule has 0 amide bonds. The molecule has 0 saturated heterocycles. The number of carbonyl (C=O) groups is 2. The summed E-state index contributed by atoms with van der Waals surface area (Å²) >= 11 is 12.0. The number of pyridine rings is 2. The summed E-state index contributed by atoms with van der Waals surface area (Å²) in [5, 5.41) is 10.6. The Morgan fingerprint density at radius 3 is 1.50 bits per heavy atom. The van der Waals surface area contributed by atoms with Gasteiger partial charge in [0.25, 0.3) is 0 Å². The SMILES string of the molecule is COC(=O)c1cc(-c2cnc(Cl)nc2-n2nc(C(F)(F)F)cc2C)cnc1OC.COC(=O)c1cc(-c2cnc(Nc3cc(C)cc(Cl)c3)nc2-n2nc(C(F)(F)F)cc2C)cnc1OC. The van der Waals surface area contributed by atoms with Crippen molar-refractivity contribution in [1.82, 2.24) is 49.5 Å². The van der Waals surface area contributed by atoms with E-state index in [1.807, 2.05) is 6.92 Å². The Kier molecular flexibility index (Phi) is 14.1. The van der Waals surface area contributed by atoms with E-state index in [0.29, 0.717) is 21.8 Å². The van der Waals surface area contributed by atoms with Crippen LogP contribution in [0.25, 0.3) is 33.9 Å². The molecule has 1 aromatic carbocycles. The average Bonchev–Trinajstić information content (AvgIpc) is 3.88. The van der Waals surface area contributed by atoms with Crippen molar-refractivity contribution in [2.24, 2.45) is 0 Å². The fraction of sp³-hybridized carbons (Fsp3) is 0.220. The number of hydrogen-bond acceptors (Lipinski definition) is 15. The summed E-state index contributed by atoms with van der Waals surface area (Å²) in [7, 11) is 5.06. The van der Waals surface area contributed by atoms with Gasteiger partial charge in [0.05, 0.1) is 28.4 Å².